The summed E-state index contributed by atoms with van der Waals surface area (Å²) in [6.07, 6.45) is 0.541. The highest BCUT2D eigenvalue weighted by molar-refractivity contribution is 7.14. The van der Waals surface area contributed by atoms with E-state index in [1.165, 1.54) is 11.3 Å². The first-order valence-corrected chi connectivity index (χ1v) is 9.70. The lowest BCUT2D eigenvalue weighted by atomic mass is 10.1. The van der Waals surface area contributed by atoms with Gasteiger partial charge >= 0.3 is 6.09 Å². The summed E-state index contributed by atoms with van der Waals surface area (Å²) in [6, 6.07) is 7.49. The predicted molar refractivity (Wildman–Crippen MR) is 108 cm³/mol. The number of thiazole rings is 1. The van der Waals surface area contributed by atoms with Gasteiger partial charge in [0.1, 0.15) is 5.69 Å². The Bertz CT molecular complexity index is 1040. The maximum atomic E-state index is 12.8. The lowest BCUT2D eigenvalue weighted by molar-refractivity contribution is 0.0912. The van der Waals surface area contributed by atoms with E-state index in [1.54, 1.807) is 13.1 Å². The van der Waals surface area contributed by atoms with Crippen molar-refractivity contribution in [3.05, 3.63) is 51.6 Å². The van der Waals surface area contributed by atoms with Gasteiger partial charge in [-0.1, -0.05) is 18.2 Å². The number of fused-ring (bicyclic) bond motifs is 1. The molecule has 0 aliphatic heterocycles. The van der Waals surface area contributed by atoms with Gasteiger partial charge in [0.15, 0.2) is 5.01 Å². The third-order valence-corrected chi connectivity index (χ3v) is 5.06. The van der Waals surface area contributed by atoms with Crippen molar-refractivity contribution in [3.8, 4) is 0 Å². The smallest absolute Gasteiger partial charge is 0.404 e. The molecule has 0 unspecified atom stereocenters. The number of hydrogen-bond donors (Lipinski definition) is 4. The number of amides is 2. The number of para-hydroxylation sites is 1. The number of hydrogen-bond acceptors (Lipinski definition) is 6. The van der Waals surface area contributed by atoms with Gasteiger partial charge < -0.3 is 25.5 Å². The van der Waals surface area contributed by atoms with Crippen LogP contribution in [0.25, 0.3) is 10.9 Å². The zero-order chi connectivity index (χ0) is 20.8. The number of aromatic amines is 1. The highest BCUT2D eigenvalue weighted by Crippen LogP contribution is 2.24. The number of carbonyl (C=O) groups is 3. The van der Waals surface area contributed by atoms with Crippen LogP contribution in [-0.4, -0.2) is 59.2 Å². The normalized spacial score (nSPS) is 10.8. The summed E-state index contributed by atoms with van der Waals surface area (Å²) in [5.41, 5.74) is 1.59. The van der Waals surface area contributed by atoms with E-state index in [-0.39, 0.29) is 48.7 Å². The molecule has 4 N–H and O–H groups in total. The monoisotopic (exact) mass is 416 g/mol. The van der Waals surface area contributed by atoms with Crippen molar-refractivity contribution in [1.82, 2.24) is 20.6 Å². The van der Waals surface area contributed by atoms with E-state index < -0.39 is 6.09 Å². The third-order valence-electron chi connectivity index (χ3n) is 4.09. The van der Waals surface area contributed by atoms with E-state index in [2.05, 4.69) is 20.6 Å². The molecule has 0 fully saturated rings. The van der Waals surface area contributed by atoms with Crippen molar-refractivity contribution in [3.63, 3.8) is 0 Å². The summed E-state index contributed by atoms with van der Waals surface area (Å²) in [5.74, 6) is -0.618. The summed E-state index contributed by atoms with van der Waals surface area (Å²) < 4.78 is 5.22. The molecule has 10 heteroatoms. The molecule has 0 spiro atoms. The van der Waals surface area contributed by atoms with Gasteiger partial charge in [0.2, 0.25) is 5.78 Å². The van der Waals surface area contributed by atoms with Gasteiger partial charge in [-0.15, -0.1) is 11.3 Å². The van der Waals surface area contributed by atoms with Gasteiger partial charge in [0.05, 0.1) is 18.8 Å². The van der Waals surface area contributed by atoms with Crippen LogP contribution < -0.4 is 10.6 Å². The second-order valence-electron chi connectivity index (χ2n) is 6.10. The molecule has 3 aromatic rings. The number of aryl methyl sites for hydroxylation is 1. The van der Waals surface area contributed by atoms with Crippen LogP contribution in [0, 0.1) is 6.92 Å². The second kappa shape index (κ2) is 9.30. The van der Waals surface area contributed by atoms with Crippen molar-refractivity contribution in [1.29, 1.82) is 0 Å². The van der Waals surface area contributed by atoms with E-state index in [0.717, 1.165) is 10.9 Å². The van der Waals surface area contributed by atoms with Crippen LogP contribution in [0.2, 0.25) is 0 Å². The van der Waals surface area contributed by atoms with Crippen LogP contribution in [0.5, 0.6) is 0 Å². The minimum Gasteiger partial charge on any atom is -0.465 e. The number of carbonyl (C=O) groups excluding carboxylic acids is 2. The Morgan fingerprint density at radius 1 is 1.17 bits per heavy atom. The summed E-state index contributed by atoms with van der Waals surface area (Å²) in [5, 5.41) is 14.4. The van der Waals surface area contributed by atoms with E-state index in [9.17, 15) is 14.4 Å². The second-order valence-corrected chi connectivity index (χ2v) is 7.30. The minimum absolute atomic E-state index is 0.174. The molecule has 2 heterocycles. The topological polar surface area (TPSA) is 133 Å². The number of rotatable bonds is 9. The Balaban J connectivity index is 1.57. The molecular formula is C19H20N4O5S. The molecule has 9 nitrogen and oxygen atoms in total. The van der Waals surface area contributed by atoms with Crippen molar-refractivity contribution < 1.29 is 24.2 Å². The van der Waals surface area contributed by atoms with Crippen LogP contribution in [0.15, 0.2) is 30.5 Å². The average Bonchev–Trinajstić information content (AvgIpc) is 3.30. The van der Waals surface area contributed by atoms with Gasteiger partial charge in [-0.05, 0) is 13.0 Å². The third kappa shape index (κ3) is 4.98. The molecule has 0 saturated carbocycles. The van der Waals surface area contributed by atoms with E-state index in [1.807, 2.05) is 24.3 Å². The molecule has 0 saturated heterocycles. The number of aromatic nitrogens is 2. The molecule has 0 aliphatic rings. The van der Waals surface area contributed by atoms with Crippen LogP contribution >= 0.6 is 11.3 Å². The van der Waals surface area contributed by atoms with Crippen LogP contribution in [0.4, 0.5) is 4.79 Å². The van der Waals surface area contributed by atoms with Gasteiger partial charge in [-0.2, -0.15) is 0 Å². The molecule has 0 atom stereocenters. The molecule has 3 rings (SSSR count). The Morgan fingerprint density at radius 2 is 1.90 bits per heavy atom. The maximum absolute atomic E-state index is 12.8. The Hall–Kier alpha value is -3.24. The highest BCUT2D eigenvalue weighted by Gasteiger charge is 2.22. The number of nitrogens with zero attached hydrogens (tertiary/aromatic N) is 1. The number of H-pyrrole nitrogens is 1. The minimum atomic E-state index is -1.11. The molecule has 1 aromatic carbocycles. The molecule has 0 bridgehead atoms. The van der Waals surface area contributed by atoms with Crippen LogP contribution in [0.1, 0.15) is 30.7 Å². The molecular weight excluding hydrogens is 396 g/mol. The van der Waals surface area contributed by atoms with Crippen molar-refractivity contribution in [2.24, 2.45) is 0 Å². The molecule has 0 aliphatic carbocycles. The first-order valence-electron chi connectivity index (χ1n) is 8.88. The first kappa shape index (κ1) is 20.5. The van der Waals surface area contributed by atoms with E-state index in [0.29, 0.717) is 10.4 Å². The predicted octanol–water partition coefficient (Wildman–Crippen LogP) is 2.18. The first-order chi connectivity index (χ1) is 14.0. The average molecular weight is 416 g/mol. The summed E-state index contributed by atoms with van der Waals surface area (Å²) in [6.45, 7) is 2.60. The SMILES string of the molecule is Cc1sc(C(=O)c2c[nH]c3ccccc23)nc1C(=O)NCCOCCNC(=O)O. The molecule has 152 valence electrons. The Morgan fingerprint density at radius 3 is 2.66 bits per heavy atom. The zero-order valence-corrected chi connectivity index (χ0v) is 16.5. The fourth-order valence-corrected chi connectivity index (χ4v) is 3.60. The lowest BCUT2D eigenvalue weighted by Crippen LogP contribution is -2.30. The molecule has 0 radical (unpaired) electrons. The number of benzene rings is 1. The molecule has 2 amide bonds. The fraction of sp³-hybridized carbons (Fsp3) is 0.263. The summed E-state index contributed by atoms with van der Waals surface area (Å²) in [7, 11) is 0. The largest absolute Gasteiger partial charge is 0.465 e. The summed E-state index contributed by atoms with van der Waals surface area (Å²) in [4.78, 5) is 43.5. The fourth-order valence-electron chi connectivity index (χ4n) is 2.73. The number of carboxylic acid groups (broad SMARTS) is 1. The number of nitrogens with one attached hydrogen (secondary N) is 3. The quantitative estimate of drug-likeness (QED) is 0.312. The lowest BCUT2D eigenvalue weighted by Gasteiger charge is -2.05. The van der Waals surface area contributed by atoms with Crippen molar-refractivity contribution in [2.75, 3.05) is 26.3 Å². The van der Waals surface area contributed by atoms with Gasteiger partial charge in [-0.3, -0.25) is 9.59 Å². The van der Waals surface area contributed by atoms with Crippen molar-refractivity contribution >= 4 is 40.0 Å². The van der Waals surface area contributed by atoms with E-state index >= 15 is 0 Å². The molecule has 29 heavy (non-hydrogen) atoms. The summed E-state index contributed by atoms with van der Waals surface area (Å²) >= 11 is 1.18. The van der Waals surface area contributed by atoms with Gasteiger partial charge in [0.25, 0.3) is 5.91 Å². The number of ether oxygens (including phenoxy) is 1. The molecule has 2 aromatic heterocycles. The zero-order valence-electron chi connectivity index (χ0n) is 15.7. The standard InChI is InChI=1S/C19H20N4O5S/c1-11-15(17(25)20-6-8-28-9-7-21-19(26)27)23-18(29-11)16(24)13-10-22-14-5-3-2-4-12(13)14/h2-5,10,21-22H,6-9H2,1H3,(H,20,25)(H,26,27). The van der Waals surface area contributed by atoms with Crippen LogP contribution in [-0.2, 0) is 4.74 Å². The Kier molecular flexibility index (Phi) is 6.57. The van der Waals surface area contributed by atoms with Crippen molar-refractivity contribution in [2.45, 2.75) is 6.92 Å². The van der Waals surface area contributed by atoms with E-state index in [4.69, 9.17) is 9.84 Å². The highest BCUT2D eigenvalue weighted by atomic mass is 32.1. The van der Waals surface area contributed by atoms with Gasteiger partial charge in [0, 0.05) is 35.1 Å². The Labute approximate surface area is 170 Å². The van der Waals surface area contributed by atoms with Gasteiger partial charge in [-0.25, -0.2) is 9.78 Å². The maximum Gasteiger partial charge on any atom is 0.404 e. The number of ketones is 1. The van der Waals surface area contributed by atoms with Crippen LogP contribution in [0.3, 0.4) is 0 Å².